The number of amides is 1. The Hall–Kier alpha value is -2.80. The minimum Gasteiger partial charge on any atom is -0.497 e. The predicted molar refractivity (Wildman–Crippen MR) is 103 cm³/mol. The molecule has 3 rings (SSSR count). The quantitative estimate of drug-likeness (QED) is 0.661. The summed E-state index contributed by atoms with van der Waals surface area (Å²) in [5, 5.41) is 7.08. The number of methoxy groups -OCH3 is 2. The van der Waals surface area contributed by atoms with Crippen molar-refractivity contribution in [3.05, 3.63) is 70.5 Å². The largest absolute Gasteiger partial charge is 0.497 e. The van der Waals surface area contributed by atoms with Crippen molar-refractivity contribution < 1.29 is 14.3 Å². The first kappa shape index (κ1) is 18.0. The Morgan fingerprint density at radius 1 is 1.15 bits per heavy atom. The van der Waals surface area contributed by atoms with Crippen LogP contribution in [0.1, 0.15) is 15.9 Å². The first-order chi connectivity index (χ1) is 12.6. The summed E-state index contributed by atoms with van der Waals surface area (Å²) in [5.74, 6) is 0.992. The fourth-order valence-corrected chi connectivity index (χ4v) is 2.81. The summed E-state index contributed by atoms with van der Waals surface area (Å²) >= 11 is 3.37. The highest BCUT2D eigenvalue weighted by atomic mass is 79.9. The molecule has 0 aliphatic rings. The van der Waals surface area contributed by atoms with E-state index in [9.17, 15) is 4.79 Å². The fourth-order valence-electron chi connectivity index (χ4n) is 2.48. The van der Waals surface area contributed by atoms with Crippen LogP contribution in [-0.2, 0) is 6.54 Å². The average molecular weight is 416 g/mol. The Bertz CT molecular complexity index is 907. The van der Waals surface area contributed by atoms with Gasteiger partial charge in [0.2, 0.25) is 0 Å². The van der Waals surface area contributed by atoms with Gasteiger partial charge in [-0.1, -0.05) is 12.1 Å². The second kappa shape index (κ2) is 8.05. The summed E-state index contributed by atoms with van der Waals surface area (Å²) in [7, 11) is 3.13. The second-order valence-electron chi connectivity index (χ2n) is 5.57. The third-order valence-corrected chi connectivity index (χ3v) is 4.23. The van der Waals surface area contributed by atoms with Crippen LogP contribution >= 0.6 is 15.9 Å². The normalized spacial score (nSPS) is 10.4. The van der Waals surface area contributed by atoms with Crippen LogP contribution in [0.5, 0.6) is 11.5 Å². The molecular formula is C19H18BrN3O3. The molecule has 0 unspecified atom stereocenters. The van der Waals surface area contributed by atoms with Gasteiger partial charge >= 0.3 is 0 Å². The lowest BCUT2D eigenvalue weighted by molar-refractivity contribution is 0.102. The highest BCUT2D eigenvalue weighted by molar-refractivity contribution is 9.10. The molecule has 1 aromatic heterocycles. The Kier molecular flexibility index (Phi) is 5.58. The number of hydrogen-bond donors (Lipinski definition) is 1. The van der Waals surface area contributed by atoms with Crippen molar-refractivity contribution in [2.24, 2.45) is 0 Å². The third-order valence-electron chi connectivity index (χ3n) is 3.82. The van der Waals surface area contributed by atoms with Crippen molar-refractivity contribution in [1.82, 2.24) is 9.78 Å². The topological polar surface area (TPSA) is 65.4 Å². The van der Waals surface area contributed by atoms with Crippen LogP contribution < -0.4 is 14.8 Å². The van der Waals surface area contributed by atoms with Crippen LogP contribution in [0.25, 0.3) is 0 Å². The molecule has 1 heterocycles. The van der Waals surface area contributed by atoms with Crippen molar-refractivity contribution in [2.45, 2.75) is 6.54 Å². The number of hydrogen-bond acceptors (Lipinski definition) is 4. The third kappa shape index (κ3) is 4.23. The van der Waals surface area contributed by atoms with E-state index in [1.807, 2.05) is 23.0 Å². The van der Waals surface area contributed by atoms with E-state index in [0.717, 1.165) is 10.0 Å². The van der Waals surface area contributed by atoms with Crippen LogP contribution in [0.2, 0.25) is 0 Å². The van der Waals surface area contributed by atoms with E-state index in [-0.39, 0.29) is 5.91 Å². The number of carbonyl (C=O) groups excluding carboxylic acids is 1. The van der Waals surface area contributed by atoms with Gasteiger partial charge < -0.3 is 14.8 Å². The lowest BCUT2D eigenvalue weighted by Crippen LogP contribution is -2.13. The molecule has 0 saturated heterocycles. The number of benzene rings is 2. The maximum Gasteiger partial charge on any atom is 0.255 e. The van der Waals surface area contributed by atoms with Crippen molar-refractivity contribution in [1.29, 1.82) is 0 Å². The second-order valence-corrected chi connectivity index (χ2v) is 6.49. The molecule has 0 atom stereocenters. The van der Waals surface area contributed by atoms with Crippen LogP contribution in [0.3, 0.4) is 0 Å². The van der Waals surface area contributed by atoms with Gasteiger partial charge in [0.1, 0.15) is 11.5 Å². The van der Waals surface area contributed by atoms with Gasteiger partial charge in [-0.3, -0.25) is 9.48 Å². The highest BCUT2D eigenvalue weighted by Crippen LogP contribution is 2.29. The van der Waals surface area contributed by atoms with E-state index in [4.69, 9.17) is 9.47 Å². The standard InChI is InChI=1S/C19H18BrN3O3/c1-25-16-7-8-18(26-2)17(9-16)22-19(24)14-5-3-13(4-6-14)11-23-12-15(20)10-21-23/h3-10,12H,11H2,1-2H3,(H,22,24). The number of ether oxygens (including phenoxy) is 2. The van der Waals surface area contributed by atoms with Gasteiger partial charge in [0.15, 0.2) is 0 Å². The highest BCUT2D eigenvalue weighted by Gasteiger charge is 2.11. The van der Waals surface area contributed by atoms with Crippen LogP contribution in [0.4, 0.5) is 5.69 Å². The molecule has 3 aromatic rings. The molecule has 1 N–H and O–H groups in total. The van der Waals surface area contributed by atoms with E-state index >= 15 is 0 Å². The number of nitrogens with one attached hydrogen (secondary N) is 1. The molecule has 134 valence electrons. The zero-order valence-corrected chi connectivity index (χ0v) is 16.0. The monoisotopic (exact) mass is 415 g/mol. The zero-order valence-electron chi connectivity index (χ0n) is 14.4. The maximum absolute atomic E-state index is 12.5. The summed E-state index contributed by atoms with van der Waals surface area (Å²) in [5.41, 5.74) is 2.17. The molecule has 0 bridgehead atoms. The fraction of sp³-hybridized carbons (Fsp3) is 0.158. The molecule has 0 fully saturated rings. The first-order valence-electron chi connectivity index (χ1n) is 7.89. The summed E-state index contributed by atoms with van der Waals surface area (Å²) in [6.45, 7) is 0.636. The predicted octanol–water partition coefficient (Wildman–Crippen LogP) is 3.96. The zero-order chi connectivity index (χ0) is 18.5. The molecule has 1 amide bonds. The summed E-state index contributed by atoms with van der Waals surface area (Å²) in [6.07, 6.45) is 3.64. The van der Waals surface area contributed by atoms with Gasteiger partial charge in [0.25, 0.3) is 5.91 Å². The van der Waals surface area contributed by atoms with Crippen molar-refractivity contribution in [3.63, 3.8) is 0 Å². The maximum atomic E-state index is 12.5. The van der Waals surface area contributed by atoms with E-state index in [0.29, 0.717) is 29.3 Å². The van der Waals surface area contributed by atoms with E-state index in [1.165, 1.54) is 0 Å². The van der Waals surface area contributed by atoms with Crippen molar-refractivity contribution in [3.8, 4) is 11.5 Å². The molecule has 26 heavy (non-hydrogen) atoms. The smallest absolute Gasteiger partial charge is 0.255 e. The number of aromatic nitrogens is 2. The number of nitrogens with zero attached hydrogens (tertiary/aromatic N) is 2. The summed E-state index contributed by atoms with van der Waals surface area (Å²) in [4.78, 5) is 12.5. The van der Waals surface area contributed by atoms with Crippen molar-refractivity contribution in [2.75, 3.05) is 19.5 Å². The van der Waals surface area contributed by atoms with Gasteiger partial charge in [-0.05, 0) is 45.8 Å². The summed E-state index contributed by atoms with van der Waals surface area (Å²) in [6, 6.07) is 12.6. The Balaban J connectivity index is 1.72. The number of carbonyl (C=O) groups is 1. The van der Waals surface area contributed by atoms with Crippen LogP contribution in [0.15, 0.2) is 59.3 Å². The minimum absolute atomic E-state index is 0.218. The van der Waals surface area contributed by atoms with E-state index in [2.05, 4.69) is 26.3 Å². The molecule has 0 spiro atoms. The Morgan fingerprint density at radius 2 is 1.92 bits per heavy atom. The van der Waals surface area contributed by atoms with Gasteiger partial charge in [-0.2, -0.15) is 5.10 Å². The number of halogens is 1. The average Bonchev–Trinajstić information content (AvgIpc) is 3.07. The lowest BCUT2D eigenvalue weighted by atomic mass is 10.1. The molecule has 2 aromatic carbocycles. The molecule has 7 heteroatoms. The van der Waals surface area contributed by atoms with Gasteiger partial charge in [-0.25, -0.2) is 0 Å². The molecule has 0 radical (unpaired) electrons. The lowest BCUT2D eigenvalue weighted by Gasteiger charge is -2.12. The Morgan fingerprint density at radius 3 is 2.54 bits per heavy atom. The first-order valence-corrected chi connectivity index (χ1v) is 8.68. The van der Waals surface area contributed by atoms with Crippen LogP contribution in [0, 0.1) is 0 Å². The molecule has 6 nitrogen and oxygen atoms in total. The van der Waals surface area contributed by atoms with Crippen molar-refractivity contribution >= 4 is 27.5 Å². The van der Waals surface area contributed by atoms with E-state index < -0.39 is 0 Å². The van der Waals surface area contributed by atoms with Crippen LogP contribution in [-0.4, -0.2) is 29.9 Å². The summed E-state index contributed by atoms with van der Waals surface area (Å²) < 4.78 is 13.2. The Labute approximate surface area is 159 Å². The molecular weight excluding hydrogens is 398 g/mol. The van der Waals surface area contributed by atoms with Gasteiger partial charge in [-0.15, -0.1) is 0 Å². The minimum atomic E-state index is -0.218. The molecule has 0 saturated carbocycles. The number of anilines is 1. The molecule has 0 aliphatic heterocycles. The van der Waals surface area contributed by atoms with E-state index in [1.54, 1.807) is 50.7 Å². The van der Waals surface area contributed by atoms with Gasteiger partial charge in [0, 0.05) is 17.8 Å². The van der Waals surface area contributed by atoms with Gasteiger partial charge in [0.05, 0.1) is 37.1 Å². The number of rotatable bonds is 6. The molecule has 0 aliphatic carbocycles. The SMILES string of the molecule is COc1ccc(OC)c(NC(=O)c2ccc(Cn3cc(Br)cn3)cc2)c1.